The standard InChI is InChI=1S/2Cr.K.H2O4S.H/c;;;1-5(2,3)4;/h;;;(H2,1,2,3,4);/q;;+1;;-1. The smallest absolute Gasteiger partial charge is 1.00 e. The van der Waals surface area contributed by atoms with Crippen molar-refractivity contribution in [1.82, 2.24) is 0 Å². The normalized spacial score (nSPS) is 7.25. The van der Waals surface area contributed by atoms with Gasteiger partial charge >= 0.3 is 61.8 Å². The molecule has 0 aromatic rings. The van der Waals surface area contributed by atoms with Crippen molar-refractivity contribution < 1.29 is 105 Å². The zero-order valence-electron chi connectivity index (χ0n) is 4.94. The van der Waals surface area contributed by atoms with Gasteiger partial charge in [0.2, 0.25) is 0 Å². The van der Waals surface area contributed by atoms with E-state index >= 15 is 0 Å². The maximum Gasteiger partial charge on any atom is 1.00 e. The zero-order chi connectivity index (χ0) is 4.50. The van der Waals surface area contributed by atoms with Gasteiger partial charge in [-0.25, -0.2) is 0 Å². The fourth-order valence-electron chi connectivity index (χ4n) is 0. The van der Waals surface area contributed by atoms with Crippen molar-refractivity contribution in [2.45, 2.75) is 0 Å². The van der Waals surface area contributed by atoms with Crippen molar-refractivity contribution in [3.63, 3.8) is 0 Å². The first kappa shape index (κ1) is 22.4. The van der Waals surface area contributed by atoms with Gasteiger partial charge in [0.05, 0.1) is 0 Å². The second kappa shape index (κ2) is 9.57. The summed E-state index contributed by atoms with van der Waals surface area (Å²) in [7, 11) is -4.67. The second-order valence-electron chi connectivity index (χ2n) is 0.448. The van der Waals surface area contributed by atoms with E-state index in [0.29, 0.717) is 0 Å². The Morgan fingerprint density at radius 1 is 1.12 bits per heavy atom. The first-order valence-corrected chi connectivity index (χ1v) is 2.10. The van der Waals surface area contributed by atoms with Crippen LogP contribution in [-0.2, 0) is 45.1 Å². The predicted molar refractivity (Wildman–Crippen MR) is 15.3 cm³/mol. The zero-order valence-corrected chi connectivity index (χ0v) is 10.4. The SMILES string of the molecule is O=S(=O)(O)O.[Cr].[Cr].[H-].[K+]. The summed E-state index contributed by atoms with van der Waals surface area (Å²) >= 11 is 0. The number of rotatable bonds is 0. The number of hydrogen-bond acceptors (Lipinski definition) is 2. The minimum absolute atomic E-state index is 0. The Morgan fingerprint density at radius 2 is 1.12 bits per heavy atom. The maximum absolute atomic E-state index is 8.74. The third-order valence-electron chi connectivity index (χ3n) is 0. The van der Waals surface area contributed by atoms with Gasteiger partial charge in [0.1, 0.15) is 0 Å². The first-order chi connectivity index (χ1) is 2.00. The van der Waals surface area contributed by atoms with E-state index in [2.05, 4.69) is 0 Å². The van der Waals surface area contributed by atoms with Gasteiger partial charge in [-0.2, -0.15) is 8.42 Å². The molecule has 0 spiro atoms. The van der Waals surface area contributed by atoms with E-state index in [0.717, 1.165) is 0 Å². The van der Waals surface area contributed by atoms with Crippen LogP contribution in [0.15, 0.2) is 0 Å². The Labute approximate surface area is 113 Å². The molecule has 0 aliphatic carbocycles. The molecule has 0 rings (SSSR count). The van der Waals surface area contributed by atoms with Gasteiger partial charge < -0.3 is 1.43 Å². The Kier molecular flexibility index (Phi) is 26.8. The molecule has 0 aliphatic heterocycles. The summed E-state index contributed by atoms with van der Waals surface area (Å²) in [5, 5.41) is 0. The van der Waals surface area contributed by atoms with E-state index in [9.17, 15) is 0 Å². The molecule has 0 atom stereocenters. The molecule has 2 N–H and O–H groups in total. The summed E-state index contributed by atoms with van der Waals surface area (Å²) in [5.74, 6) is 0. The topological polar surface area (TPSA) is 74.6 Å². The minimum Gasteiger partial charge on any atom is -1.00 e. The Bertz CT molecular complexity index is 102. The fraction of sp³-hybridized carbons (Fsp3) is 0. The molecule has 8 heteroatoms. The number of hydrogen-bond donors (Lipinski definition) is 2. The van der Waals surface area contributed by atoms with Crippen LogP contribution in [0, 0.1) is 0 Å². The largest absolute Gasteiger partial charge is 1.00 e. The molecule has 4 nitrogen and oxygen atoms in total. The van der Waals surface area contributed by atoms with Crippen molar-refractivity contribution >= 4 is 10.4 Å². The average molecular weight is 242 g/mol. The van der Waals surface area contributed by atoms with Crippen molar-refractivity contribution in [3.05, 3.63) is 0 Å². The van der Waals surface area contributed by atoms with E-state index in [4.69, 9.17) is 17.5 Å². The monoisotopic (exact) mass is 242 g/mol. The summed E-state index contributed by atoms with van der Waals surface area (Å²) in [6.07, 6.45) is 0. The molecule has 0 bridgehead atoms. The van der Waals surface area contributed by atoms with Crippen LogP contribution in [0.2, 0.25) is 0 Å². The maximum atomic E-state index is 8.74. The van der Waals surface area contributed by atoms with Gasteiger partial charge in [-0.1, -0.05) is 0 Å². The predicted octanol–water partition coefficient (Wildman–Crippen LogP) is -3.54. The Hall–Kier alpha value is 2.57. The fourth-order valence-corrected chi connectivity index (χ4v) is 0. The van der Waals surface area contributed by atoms with Crippen LogP contribution < -0.4 is 51.4 Å². The molecular formula is H3Cr2KO4S. The van der Waals surface area contributed by atoms with Crippen LogP contribution in [-0.4, -0.2) is 17.5 Å². The van der Waals surface area contributed by atoms with E-state index in [1.807, 2.05) is 0 Å². The molecule has 0 aliphatic rings. The third kappa shape index (κ3) is 74.3. The van der Waals surface area contributed by atoms with Crippen LogP contribution in [0.25, 0.3) is 0 Å². The summed E-state index contributed by atoms with van der Waals surface area (Å²) in [6.45, 7) is 0. The van der Waals surface area contributed by atoms with E-state index in [1.54, 1.807) is 0 Å². The van der Waals surface area contributed by atoms with Gasteiger partial charge in [-0.15, -0.1) is 0 Å². The third-order valence-corrected chi connectivity index (χ3v) is 0. The van der Waals surface area contributed by atoms with Crippen LogP contribution in [0.1, 0.15) is 1.43 Å². The summed E-state index contributed by atoms with van der Waals surface area (Å²) in [4.78, 5) is 0. The van der Waals surface area contributed by atoms with Crippen LogP contribution >= 0.6 is 0 Å². The van der Waals surface area contributed by atoms with E-state index < -0.39 is 10.4 Å². The minimum atomic E-state index is -4.67. The van der Waals surface area contributed by atoms with Gasteiger partial charge in [0, 0.05) is 34.7 Å². The molecule has 0 saturated heterocycles. The molecular weight excluding hydrogens is 239 g/mol. The molecule has 0 aromatic carbocycles. The molecule has 0 unspecified atom stereocenters. The molecule has 0 amide bonds. The second-order valence-corrected chi connectivity index (χ2v) is 1.34. The van der Waals surface area contributed by atoms with Crippen LogP contribution in [0.5, 0.6) is 0 Å². The quantitative estimate of drug-likeness (QED) is 0.341. The molecule has 0 aromatic heterocycles. The van der Waals surface area contributed by atoms with Crippen molar-refractivity contribution in [2.75, 3.05) is 0 Å². The molecule has 0 fully saturated rings. The summed E-state index contributed by atoms with van der Waals surface area (Å²) < 4.78 is 31.6. The molecule has 8 heavy (non-hydrogen) atoms. The molecule has 0 radical (unpaired) electrons. The molecule has 0 saturated carbocycles. The molecule has 0 heterocycles. The Balaban J connectivity index is -0.0000000133. The Morgan fingerprint density at radius 3 is 1.12 bits per heavy atom. The van der Waals surface area contributed by atoms with Gasteiger partial charge in [-0.3, -0.25) is 9.11 Å². The van der Waals surface area contributed by atoms with E-state index in [1.165, 1.54) is 0 Å². The average Bonchev–Trinajstić information content (AvgIpc) is 0.722. The van der Waals surface area contributed by atoms with Crippen molar-refractivity contribution in [3.8, 4) is 0 Å². The van der Waals surface area contributed by atoms with Gasteiger partial charge in [0.25, 0.3) is 0 Å². The van der Waals surface area contributed by atoms with Gasteiger partial charge in [-0.05, 0) is 0 Å². The first-order valence-electron chi connectivity index (χ1n) is 0.698. The van der Waals surface area contributed by atoms with Crippen LogP contribution in [0.3, 0.4) is 0 Å². The van der Waals surface area contributed by atoms with E-state index in [-0.39, 0.29) is 87.5 Å². The van der Waals surface area contributed by atoms with Crippen molar-refractivity contribution in [1.29, 1.82) is 0 Å². The summed E-state index contributed by atoms with van der Waals surface area (Å²) in [6, 6.07) is 0. The van der Waals surface area contributed by atoms with Crippen LogP contribution in [0.4, 0.5) is 0 Å². The van der Waals surface area contributed by atoms with Gasteiger partial charge in [0.15, 0.2) is 0 Å². The summed E-state index contributed by atoms with van der Waals surface area (Å²) in [5.41, 5.74) is 0. The molecule has 46 valence electrons. The van der Waals surface area contributed by atoms with Crippen molar-refractivity contribution in [2.24, 2.45) is 0 Å².